The highest BCUT2D eigenvalue weighted by molar-refractivity contribution is 6.30. The van der Waals surface area contributed by atoms with Crippen LogP contribution >= 0.6 is 11.6 Å². The van der Waals surface area contributed by atoms with Crippen LogP contribution in [-0.2, 0) is 6.42 Å². The molecular weight excluding hydrogens is 215 g/mol. The maximum absolute atomic E-state index is 13.1. The van der Waals surface area contributed by atoms with Gasteiger partial charge in [0, 0.05) is 0 Å². The standard InChI is InChI=1S/C12H16ClFO/c1-12(2,3)11(15)7-8-4-5-9(13)10(14)6-8/h4-6,11,15H,7H2,1-3H3. The predicted octanol–water partition coefficient (Wildman–Crippen LogP) is 3.43. The highest BCUT2D eigenvalue weighted by atomic mass is 35.5. The van der Waals surface area contributed by atoms with E-state index < -0.39 is 11.9 Å². The van der Waals surface area contributed by atoms with Gasteiger partial charge in [-0.3, -0.25) is 0 Å². The minimum Gasteiger partial charge on any atom is -0.392 e. The largest absolute Gasteiger partial charge is 0.392 e. The molecule has 1 N–H and O–H groups in total. The zero-order valence-corrected chi connectivity index (χ0v) is 9.98. The Balaban J connectivity index is 2.78. The number of halogens is 2. The fourth-order valence-corrected chi connectivity index (χ4v) is 1.31. The van der Waals surface area contributed by atoms with E-state index in [9.17, 15) is 9.50 Å². The van der Waals surface area contributed by atoms with Crippen molar-refractivity contribution >= 4 is 11.6 Å². The Kier molecular flexibility index (Phi) is 3.74. The van der Waals surface area contributed by atoms with E-state index in [0.29, 0.717) is 6.42 Å². The number of hydrogen-bond donors (Lipinski definition) is 1. The summed E-state index contributed by atoms with van der Waals surface area (Å²) in [5.41, 5.74) is 0.565. The molecule has 1 aromatic carbocycles. The molecule has 0 saturated carbocycles. The summed E-state index contributed by atoms with van der Waals surface area (Å²) < 4.78 is 13.1. The van der Waals surface area contributed by atoms with E-state index in [4.69, 9.17) is 11.6 Å². The fourth-order valence-electron chi connectivity index (χ4n) is 1.20. The number of rotatable bonds is 2. The summed E-state index contributed by atoms with van der Waals surface area (Å²) in [6, 6.07) is 4.62. The summed E-state index contributed by atoms with van der Waals surface area (Å²) in [6.45, 7) is 5.85. The minimum atomic E-state index is -0.488. The van der Waals surface area contributed by atoms with Gasteiger partial charge in [0.05, 0.1) is 11.1 Å². The molecule has 0 aromatic heterocycles. The number of aliphatic hydroxyl groups is 1. The average Bonchev–Trinajstić information content (AvgIpc) is 2.10. The van der Waals surface area contributed by atoms with Gasteiger partial charge in [-0.25, -0.2) is 4.39 Å². The third kappa shape index (κ3) is 3.47. The average molecular weight is 231 g/mol. The Hall–Kier alpha value is -0.600. The molecule has 1 rings (SSSR count). The van der Waals surface area contributed by atoms with Crippen molar-refractivity contribution < 1.29 is 9.50 Å². The molecule has 0 spiro atoms. The van der Waals surface area contributed by atoms with Gasteiger partial charge >= 0.3 is 0 Å². The molecule has 0 bridgehead atoms. The Morgan fingerprint density at radius 2 is 2.00 bits per heavy atom. The van der Waals surface area contributed by atoms with Crippen molar-refractivity contribution in [3.8, 4) is 0 Å². The molecule has 0 radical (unpaired) electrons. The Morgan fingerprint density at radius 1 is 1.40 bits per heavy atom. The van der Waals surface area contributed by atoms with Crippen molar-refractivity contribution in [2.75, 3.05) is 0 Å². The Labute approximate surface area is 94.9 Å². The third-order valence-corrected chi connectivity index (χ3v) is 2.72. The first-order valence-corrected chi connectivity index (χ1v) is 5.30. The van der Waals surface area contributed by atoms with Gasteiger partial charge in [0.1, 0.15) is 5.82 Å². The molecule has 84 valence electrons. The van der Waals surface area contributed by atoms with Gasteiger partial charge < -0.3 is 5.11 Å². The second kappa shape index (κ2) is 4.50. The van der Waals surface area contributed by atoms with Crippen LogP contribution in [-0.4, -0.2) is 11.2 Å². The zero-order valence-electron chi connectivity index (χ0n) is 9.22. The summed E-state index contributed by atoms with van der Waals surface area (Å²) in [6.07, 6.45) is -0.0458. The SMILES string of the molecule is CC(C)(C)C(O)Cc1ccc(Cl)c(F)c1. The van der Waals surface area contributed by atoms with Gasteiger partial charge in [0.25, 0.3) is 0 Å². The van der Waals surface area contributed by atoms with Gasteiger partial charge in [-0.05, 0) is 29.5 Å². The summed E-state index contributed by atoms with van der Waals surface area (Å²) in [5.74, 6) is -0.435. The number of hydrogen-bond acceptors (Lipinski definition) is 1. The van der Waals surface area contributed by atoms with Crippen LogP contribution < -0.4 is 0 Å². The van der Waals surface area contributed by atoms with Crippen molar-refractivity contribution in [2.45, 2.75) is 33.3 Å². The minimum absolute atomic E-state index is 0.115. The Morgan fingerprint density at radius 3 is 2.47 bits per heavy atom. The highest BCUT2D eigenvalue weighted by Crippen LogP contribution is 2.24. The monoisotopic (exact) mass is 230 g/mol. The third-order valence-electron chi connectivity index (χ3n) is 2.41. The van der Waals surface area contributed by atoms with E-state index in [0.717, 1.165) is 5.56 Å². The molecule has 15 heavy (non-hydrogen) atoms. The van der Waals surface area contributed by atoms with E-state index in [2.05, 4.69) is 0 Å². The van der Waals surface area contributed by atoms with Crippen LogP contribution in [0.1, 0.15) is 26.3 Å². The van der Waals surface area contributed by atoms with Crippen molar-refractivity contribution in [3.05, 3.63) is 34.6 Å². The molecule has 0 aliphatic rings. The van der Waals surface area contributed by atoms with Crippen molar-refractivity contribution in [1.29, 1.82) is 0 Å². The molecule has 0 saturated heterocycles. The number of benzene rings is 1. The molecule has 0 amide bonds. The lowest BCUT2D eigenvalue weighted by molar-refractivity contribution is 0.0635. The molecule has 0 aliphatic heterocycles. The van der Waals surface area contributed by atoms with E-state index in [1.807, 2.05) is 20.8 Å². The maximum atomic E-state index is 13.1. The van der Waals surface area contributed by atoms with Gasteiger partial charge in [-0.15, -0.1) is 0 Å². The lowest BCUT2D eigenvalue weighted by atomic mass is 9.85. The van der Waals surface area contributed by atoms with Gasteiger partial charge in [-0.2, -0.15) is 0 Å². The van der Waals surface area contributed by atoms with Gasteiger partial charge in [0.15, 0.2) is 0 Å². The summed E-state index contributed by atoms with van der Waals surface area (Å²) in [5, 5.41) is 9.96. The summed E-state index contributed by atoms with van der Waals surface area (Å²) in [7, 11) is 0. The van der Waals surface area contributed by atoms with Crippen LogP contribution in [0.25, 0.3) is 0 Å². The molecule has 3 heteroatoms. The van der Waals surface area contributed by atoms with Crippen LogP contribution in [0.2, 0.25) is 5.02 Å². The molecule has 1 nitrogen and oxygen atoms in total. The molecule has 1 unspecified atom stereocenters. The van der Waals surface area contributed by atoms with Crippen LogP contribution in [0.15, 0.2) is 18.2 Å². The van der Waals surface area contributed by atoms with Crippen LogP contribution in [0, 0.1) is 11.2 Å². The van der Waals surface area contributed by atoms with Crippen LogP contribution in [0.3, 0.4) is 0 Å². The topological polar surface area (TPSA) is 20.2 Å². The Bertz CT molecular complexity index is 344. The number of aliphatic hydroxyl groups excluding tert-OH is 1. The molecule has 1 atom stereocenters. The van der Waals surface area contributed by atoms with Crippen molar-refractivity contribution in [2.24, 2.45) is 5.41 Å². The molecule has 1 aromatic rings. The summed E-state index contributed by atoms with van der Waals surface area (Å²) >= 11 is 5.57. The molecule has 0 fully saturated rings. The van der Waals surface area contributed by atoms with Gasteiger partial charge in [0.2, 0.25) is 0 Å². The van der Waals surface area contributed by atoms with E-state index in [-0.39, 0.29) is 10.4 Å². The van der Waals surface area contributed by atoms with E-state index in [1.165, 1.54) is 12.1 Å². The molecule has 0 aliphatic carbocycles. The molecule has 0 heterocycles. The van der Waals surface area contributed by atoms with E-state index >= 15 is 0 Å². The van der Waals surface area contributed by atoms with Crippen molar-refractivity contribution in [3.63, 3.8) is 0 Å². The van der Waals surface area contributed by atoms with Crippen molar-refractivity contribution in [1.82, 2.24) is 0 Å². The highest BCUT2D eigenvalue weighted by Gasteiger charge is 2.22. The quantitative estimate of drug-likeness (QED) is 0.826. The predicted molar refractivity (Wildman–Crippen MR) is 60.6 cm³/mol. The van der Waals surface area contributed by atoms with E-state index in [1.54, 1.807) is 6.07 Å². The second-order valence-electron chi connectivity index (χ2n) is 4.83. The second-order valence-corrected chi connectivity index (χ2v) is 5.24. The van der Waals surface area contributed by atoms with Crippen LogP contribution in [0.5, 0.6) is 0 Å². The molecular formula is C12H16ClFO. The smallest absolute Gasteiger partial charge is 0.142 e. The first-order chi connectivity index (χ1) is 6.80. The zero-order chi connectivity index (χ0) is 11.6. The first kappa shape index (κ1) is 12.5. The normalized spacial score (nSPS) is 14.0. The maximum Gasteiger partial charge on any atom is 0.142 e. The van der Waals surface area contributed by atoms with Gasteiger partial charge in [-0.1, -0.05) is 38.4 Å². The lowest BCUT2D eigenvalue weighted by Crippen LogP contribution is -2.28. The lowest BCUT2D eigenvalue weighted by Gasteiger charge is -2.25. The summed E-state index contributed by atoms with van der Waals surface area (Å²) in [4.78, 5) is 0. The fraction of sp³-hybridized carbons (Fsp3) is 0.500. The van der Waals surface area contributed by atoms with Crippen LogP contribution in [0.4, 0.5) is 4.39 Å². The first-order valence-electron chi connectivity index (χ1n) is 4.92.